The summed E-state index contributed by atoms with van der Waals surface area (Å²) in [7, 11) is 0. The molecular formula is C13H18N2O5. The number of nitrogens with one attached hydrogen (secondary N) is 1. The third-order valence-corrected chi connectivity index (χ3v) is 3.34. The predicted octanol–water partition coefficient (Wildman–Crippen LogP) is 0.766. The van der Waals surface area contributed by atoms with E-state index in [1.807, 2.05) is 0 Å². The maximum absolute atomic E-state index is 12.2. The summed E-state index contributed by atoms with van der Waals surface area (Å²) < 4.78 is 0. The molecule has 0 saturated carbocycles. The van der Waals surface area contributed by atoms with Crippen LogP contribution >= 0.6 is 0 Å². The van der Waals surface area contributed by atoms with Crippen molar-refractivity contribution in [2.75, 3.05) is 13.2 Å². The van der Waals surface area contributed by atoms with Gasteiger partial charge in [-0.05, 0) is 18.9 Å². The summed E-state index contributed by atoms with van der Waals surface area (Å²) >= 11 is 0. The van der Waals surface area contributed by atoms with Gasteiger partial charge in [0, 0.05) is 17.7 Å². The minimum atomic E-state index is -1.13. The number of nitrogens with zero attached hydrogens (tertiary/aromatic N) is 1. The molecule has 0 unspecified atom stereocenters. The summed E-state index contributed by atoms with van der Waals surface area (Å²) in [5, 5.41) is 31.9. The molecule has 0 saturated heterocycles. The van der Waals surface area contributed by atoms with Crippen molar-refractivity contribution in [3.8, 4) is 0 Å². The molecule has 7 heteroatoms. The summed E-state index contributed by atoms with van der Waals surface area (Å²) in [5.74, 6) is -0.559. The second-order valence-electron chi connectivity index (χ2n) is 4.66. The van der Waals surface area contributed by atoms with E-state index >= 15 is 0 Å². The number of hydrogen-bond acceptors (Lipinski definition) is 5. The SMILES string of the molecule is CCC(CO)(CO)NC(=O)c1cc([N+](=O)[O-])ccc1C. The minimum Gasteiger partial charge on any atom is -0.394 e. The normalized spacial score (nSPS) is 11.2. The summed E-state index contributed by atoms with van der Waals surface area (Å²) in [4.78, 5) is 22.3. The number of amides is 1. The number of carbonyl (C=O) groups is 1. The van der Waals surface area contributed by atoms with Gasteiger partial charge in [0.25, 0.3) is 11.6 Å². The number of aryl methyl sites for hydroxylation is 1. The third-order valence-electron chi connectivity index (χ3n) is 3.34. The number of nitro benzene ring substituents is 1. The summed E-state index contributed by atoms with van der Waals surface area (Å²) in [6, 6.07) is 3.98. The minimum absolute atomic E-state index is 0.152. The third kappa shape index (κ3) is 3.31. The van der Waals surface area contributed by atoms with Crippen molar-refractivity contribution >= 4 is 11.6 Å². The van der Waals surface area contributed by atoms with Crippen molar-refractivity contribution in [3.63, 3.8) is 0 Å². The van der Waals surface area contributed by atoms with Crippen molar-refractivity contribution in [3.05, 3.63) is 39.4 Å². The van der Waals surface area contributed by atoms with Gasteiger partial charge in [0.1, 0.15) is 0 Å². The average Bonchev–Trinajstić information content (AvgIpc) is 2.45. The zero-order valence-corrected chi connectivity index (χ0v) is 11.4. The van der Waals surface area contributed by atoms with Crippen molar-refractivity contribution in [2.24, 2.45) is 0 Å². The molecule has 0 spiro atoms. The van der Waals surface area contributed by atoms with Crippen LogP contribution in [0, 0.1) is 17.0 Å². The molecule has 0 aliphatic carbocycles. The molecule has 1 aromatic rings. The molecule has 0 aromatic heterocycles. The Labute approximate surface area is 116 Å². The van der Waals surface area contributed by atoms with Crippen LogP contribution in [0.3, 0.4) is 0 Å². The number of hydrogen-bond donors (Lipinski definition) is 3. The fraction of sp³-hybridized carbons (Fsp3) is 0.462. The standard InChI is InChI=1S/C13H18N2O5/c1-3-13(7-16,8-17)14-12(18)11-6-10(15(19)20)5-4-9(11)2/h4-6,16-17H,3,7-8H2,1-2H3,(H,14,18). The van der Waals surface area contributed by atoms with E-state index in [1.165, 1.54) is 18.2 Å². The van der Waals surface area contributed by atoms with Gasteiger partial charge in [-0.15, -0.1) is 0 Å². The number of rotatable bonds is 6. The first-order valence-corrected chi connectivity index (χ1v) is 6.18. The van der Waals surface area contributed by atoms with E-state index in [9.17, 15) is 25.1 Å². The highest BCUT2D eigenvalue weighted by Crippen LogP contribution is 2.18. The van der Waals surface area contributed by atoms with Gasteiger partial charge in [0.15, 0.2) is 0 Å². The second-order valence-corrected chi connectivity index (χ2v) is 4.66. The molecule has 0 bridgehead atoms. The van der Waals surface area contributed by atoms with Crippen LogP contribution in [0.15, 0.2) is 18.2 Å². The van der Waals surface area contributed by atoms with Gasteiger partial charge in [-0.1, -0.05) is 13.0 Å². The lowest BCUT2D eigenvalue weighted by Crippen LogP contribution is -2.53. The molecule has 0 heterocycles. The molecule has 0 aliphatic rings. The number of benzene rings is 1. The lowest BCUT2D eigenvalue weighted by Gasteiger charge is -2.29. The van der Waals surface area contributed by atoms with Crippen LogP contribution in [0.4, 0.5) is 5.69 Å². The number of aliphatic hydroxyl groups excluding tert-OH is 2. The molecule has 0 atom stereocenters. The predicted molar refractivity (Wildman–Crippen MR) is 72.5 cm³/mol. The van der Waals surface area contributed by atoms with Crippen molar-refractivity contribution < 1.29 is 19.9 Å². The largest absolute Gasteiger partial charge is 0.394 e. The molecule has 0 aliphatic heterocycles. The van der Waals surface area contributed by atoms with E-state index in [0.29, 0.717) is 12.0 Å². The first kappa shape index (κ1) is 16.1. The maximum Gasteiger partial charge on any atom is 0.270 e. The molecule has 110 valence electrons. The van der Waals surface area contributed by atoms with E-state index in [1.54, 1.807) is 13.8 Å². The summed E-state index contributed by atoms with van der Waals surface area (Å²) in [6.07, 6.45) is 0.333. The quantitative estimate of drug-likeness (QED) is 0.527. The zero-order chi connectivity index (χ0) is 15.3. The Balaban J connectivity index is 3.08. The number of carbonyl (C=O) groups excluding carboxylic acids is 1. The van der Waals surface area contributed by atoms with E-state index in [-0.39, 0.29) is 11.3 Å². The Bertz CT molecular complexity index is 503. The van der Waals surface area contributed by atoms with E-state index in [2.05, 4.69) is 5.32 Å². The van der Waals surface area contributed by atoms with Gasteiger partial charge >= 0.3 is 0 Å². The van der Waals surface area contributed by atoms with Gasteiger partial charge < -0.3 is 15.5 Å². The molecular weight excluding hydrogens is 264 g/mol. The van der Waals surface area contributed by atoms with E-state index < -0.39 is 29.6 Å². The molecule has 7 nitrogen and oxygen atoms in total. The van der Waals surface area contributed by atoms with Crippen LogP contribution in [0.25, 0.3) is 0 Å². The second kappa shape index (κ2) is 6.44. The van der Waals surface area contributed by atoms with Crippen molar-refractivity contribution in [2.45, 2.75) is 25.8 Å². The molecule has 0 fully saturated rings. The monoisotopic (exact) mass is 282 g/mol. The molecule has 0 radical (unpaired) electrons. The van der Waals surface area contributed by atoms with E-state index in [4.69, 9.17) is 0 Å². The fourth-order valence-corrected chi connectivity index (χ4v) is 1.72. The van der Waals surface area contributed by atoms with E-state index in [0.717, 1.165) is 0 Å². The topological polar surface area (TPSA) is 113 Å². The highest BCUT2D eigenvalue weighted by atomic mass is 16.6. The van der Waals surface area contributed by atoms with Gasteiger partial charge in [0.05, 0.1) is 23.7 Å². The van der Waals surface area contributed by atoms with Crippen LogP contribution in [-0.2, 0) is 0 Å². The molecule has 1 rings (SSSR count). The smallest absolute Gasteiger partial charge is 0.270 e. The number of nitro groups is 1. The van der Waals surface area contributed by atoms with Gasteiger partial charge in [0.2, 0.25) is 0 Å². The van der Waals surface area contributed by atoms with Crippen LogP contribution < -0.4 is 5.32 Å². The Morgan fingerprint density at radius 1 is 1.40 bits per heavy atom. The summed E-state index contributed by atoms with van der Waals surface area (Å²) in [5.41, 5.74) is -0.586. The van der Waals surface area contributed by atoms with Crippen LogP contribution in [0.5, 0.6) is 0 Å². The lowest BCUT2D eigenvalue weighted by atomic mass is 9.97. The first-order valence-electron chi connectivity index (χ1n) is 6.18. The van der Waals surface area contributed by atoms with Gasteiger partial charge in [-0.25, -0.2) is 0 Å². The number of aliphatic hydroxyl groups is 2. The lowest BCUT2D eigenvalue weighted by molar-refractivity contribution is -0.384. The van der Waals surface area contributed by atoms with Gasteiger partial charge in [-0.3, -0.25) is 14.9 Å². The molecule has 20 heavy (non-hydrogen) atoms. The highest BCUT2D eigenvalue weighted by molar-refractivity contribution is 5.96. The Morgan fingerprint density at radius 2 is 2.00 bits per heavy atom. The van der Waals surface area contributed by atoms with Crippen LogP contribution in [0.1, 0.15) is 29.3 Å². The van der Waals surface area contributed by atoms with Crippen LogP contribution in [-0.4, -0.2) is 39.8 Å². The van der Waals surface area contributed by atoms with Crippen molar-refractivity contribution in [1.29, 1.82) is 0 Å². The van der Waals surface area contributed by atoms with Crippen LogP contribution in [0.2, 0.25) is 0 Å². The molecule has 3 N–H and O–H groups in total. The zero-order valence-electron chi connectivity index (χ0n) is 11.4. The van der Waals surface area contributed by atoms with Crippen molar-refractivity contribution in [1.82, 2.24) is 5.32 Å². The Kier molecular flexibility index (Phi) is 5.18. The Morgan fingerprint density at radius 3 is 2.45 bits per heavy atom. The maximum atomic E-state index is 12.2. The Hall–Kier alpha value is -1.99. The summed E-state index contributed by atoms with van der Waals surface area (Å²) in [6.45, 7) is 2.54. The average molecular weight is 282 g/mol. The highest BCUT2D eigenvalue weighted by Gasteiger charge is 2.29. The number of non-ortho nitro benzene ring substituents is 1. The first-order chi connectivity index (χ1) is 9.39. The van der Waals surface area contributed by atoms with Gasteiger partial charge in [-0.2, -0.15) is 0 Å². The fourth-order valence-electron chi connectivity index (χ4n) is 1.72. The molecule has 1 aromatic carbocycles. The molecule has 1 amide bonds.